The average Bonchev–Trinajstić information content (AvgIpc) is 2.97. The van der Waals surface area contributed by atoms with Gasteiger partial charge in [-0.05, 0) is 25.0 Å². The molecular formula is C21H24Si. The Labute approximate surface area is 135 Å². The van der Waals surface area contributed by atoms with Crippen molar-refractivity contribution >= 4 is 18.8 Å². The van der Waals surface area contributed by atoms with Crippen LogP contribution in [-0.4, -0.2) is 8.07 Å². The van der Waals surface area contributed by atoms with Crippen LogP contribution in [0, 0.1) is 13.8 Å². The summed E-state index contributed by atoms with van der Waals surface area (Å²) in [4.78, 5) is 0. The van der Waals surface area contributed by atoms with Gasteiger partial charge in [0.15, 0.2) is 0 Å². The van der Waals surface area contributed by atoms with E-state index in [0.717, 1.165) is 0 Å². The van der Waals surface area contributed by atoms with Gasteiger partial charge >= 0.3 is 0 Å². The molecule has 0 N–H and O–H groups in total. The van der Waals surface area contributed by atoms with Crippen molar-refractivity contribution in [3.8, 4) is 0 Å². The lowest BCUT2D eigenvalue weighted by atomic mass is 10.1. The smallest absolute Gasteiger partial charge is 0.0793 e. The summed E-state index contributed by atoms with van der Waals surface area (Å²) in [5.41, 5.74) is 6.15. The zero-order valence-electron chi connectivity index (χ0n) is 13.9. The molecule has 0 nitrogen and oxygen atoms in total. The molecule has 0 aliphatic heterocycles. The second-order valence-corrected chi connectivity index (χ2v) is 11.6. The fourth-order valence-electron chi connectivity index (χ4n) is 3.54. The van der Waals surface area contributed by atoms with Crippen LogP contribution in [0.4, 0.5) is 0 Å². The van der Waals surface area contributed by atoms with Crippen LogP contribution in [0.2, 0.25) is 18.6 Å². The maximum absolute atomic E-state index is 2.50. The van der Waals surface area contributed by atoms with Gasteiger partial charge in [0.1, 0.15) is 0 Å². The SMILES string of the molecule is Cc1cc(C)cc([Si](C)(C)C2C=CC=C2c2ccccc2)c1. The second kappa shape index (κ2) is 5.73. The molecule has 3 rings (SSSR count). The fourth-order valence-corrected chi connectivity index (χ4v) is 6.73. The first kappa shape index (κ1) is 15.0. The highest BCUT2D eigenvalue weighted by atomic mass is 28.3. The molecule has 0 spiro atoms. The summed E-state index contributed by atoms with van der Waals surface area (Å²) in [5.74, 6) is 0. The monoisotopic (exact) mass is 304 g/mol. The number of allylic oxidation sites excluding steroid dienone is 4. The molecule has 0 saturated heterocycles. The van der Waals surface area contributed by atoms with Crippen molar-refractivity contribution in [3.63, 3.8) is 0 Å². The van der Waals surface area contributed by atoms with Gasteiger partial charge in [-0.3, -0.25) is 0 Å². The molecule has 0 amide bonds. The fraction of sp³-hybridized carbons (Fsp3) is 0.238. The zero-order chi connectivity index (χ0) is 15.7. The van der Waals surface area contributed by atoms with E-state index in [1.807, 2.05) is 0 Å². The van der Waals surface area contributed by atoms with Gasteiger partial charge in [-0.1, -0.05) is 96.2 Å². The van der Waals surface area contributed by atoms with Gasteiger partial charge in [0.25, 0.3) is 0 Å². The Morgan fingerprint density at radius 1 is 0.864 bits per heavy atom. The van der Waals surface area contributed by atoms with Crippen molar-refractivity contribution < 1.29 is 0 Å². The highest BCUT2D eigenvalue weighted by molar-refractivity contribution is 6.92. The second-order valence-electron chi connectivity index (χ2n) is 6.95. The molecule has 1 aliphatic carbocycles. The zero-order valence-corrected chi connectivity index (χ0v) is 14.9. The van der Waals surface area contributed by atoms with E-state index in [0.29, 0.717) is 5.54 Å². The van der Waals surface area contributed by atoms with Gasteiger partial charge < -0.3 is 0 Å². The van der Waals surface area contributed by atoms with Crippen LogP contribution in [-0.2, 0) is 0 Å². The minimum atomic E-state index is -1.61. The van der Waals surface area contributed by atoms with Gasteiger partial charge in [0.05, 0.1) is 8.07 Å². The molecule has 0 aromatic heterocycles. The quantitative estimate of drug-likeness (QED) is 0.680. The molecule has 1 atom stereocenters. The first-order valence-corrected chi connectivity index (χ1v) is 11.1. The highest BCUT2D eigenvalue weighted by Gasteiger charge is 2.36. The molecule has 0 radical (unpaired) electrons. The Balaban J connectivity index is 2.01. The van der Waals surface area contributed by atoms with E-state index in [9.17, 15) is 0 Å². The van der Waals surface area contributed by atoms with E-state index >= 15 is 0 Å². The lowest BCUT2D eigenvalue weighted by Gasteiger charge is -2.32. The Morgan fingerprint density at radius 3 is 2.14 bits per heavy atom. The van der Waals surface area contributed by atoms with Gasteiger partial charge in [0.2, 0.25) is 0 Å². The highest BCUT2D eigenvalue weighted by Crippen LogP contribution is 2.40. The van der Waals surface area contributed by atoms with Gasteiger partial charge in [-0.15, -0.1) is 0 Å². The summed E-state index contributed by atoms with van der Waals surface area (Å²) < 4.78 is 0. The van der Waals surface area contributed by atoms with Gasteiger partial charge in [0, 0.05) is 5.54 Å². The van der Waals surface area contributed by atoms with E-state index in [-0.39, 0.29) is 0 Å². The lowest BCUT2D eigenvalue weighted by molar-refractivity contribution is 1.31. The Kier molecular flexibility index (Phi) is 3.92. The summed E-state index contributed by atoms with van der Waals surface area (Å²) in [7, 11) is -1.61. The Morgan fingerprint density at radius 2 is 1.50 bits per heavy atom. The van der Waals surface area contributed by atoms with E-state index < -0.39 is 8.07 Å². The summed E-state index contributed by atoms with van der Waals surface area (Å²) in [6.45, 7) is 9.41. The predicted molar refractivity (Wildman–Crippen MR) is 100 cm³/mol. The number of benzene rings is 2. The predicted octanol–water partition coefficient (Wildman–Crippen LogP) is 5.24. The number of aryl methyl sites for hydroxylation is 2. The van der Waals surface area contributed by atoms with Crippen molar-refractivity contribution in [3.05, 3.63) is 83.4 Å². The van der Waals surface area contributed by atoms with E-state index in [2.05, 4.69) is 93.7 Å². The topological polar surface area (TPSA) is 0 Å². The van der Waals surface area contributed by atoms with Gasteiger partial charge in [-0.25, -0.2) is 0 Å². The summed E-state index contributed by atoms with van der Waals surface area (Å²) in [5, 5.41) is 1.56. The van der Waals surface area contributed by atoms with Crippen molar-refractivity contribution in [1.29, 1.82) is 0 Å². The molecule has 0 fully saturated rings. The molecule has 0 heterocycles. The minimum Gasteiger partial charge on any atom is -0.0793 e. The third-order valence-corrected chi connectivity index (χ3v) is 8.60. The Hall–Kier alpha value is -1.86. The maximum Gasteiger partial charge on any atom is 0.0919 e. The molecule has 0 bridgehead atoms. The molecule has 22 heavy (non-hydrogen) atoms. The number of rotatable bonds is 3. The maximum atomic E-state index is 2.50. The van der Waals surface area contributed by atoms with Crippen molar-refractivity contribution in [2.24, 2.45) is 0 Å². The molecule has 112 valence electrons. The lowest BCUT2D eigenvalue weighted by Crippen LogP contribution is -2.45. The third-order valence-electron chi connectivity index (χ3n) is 4.76. The van der Waals surface area contributed by atoms with Crippen LogP contribution in [0.1, 0.15) is 16.7 Å². The van der Waals surface area contributed by atoms with Crippen LogP contribution in [0.25, 0.3) is 5.57 Å². The normalized spacial score (nSPS) is 17.6. The van der Waals surface area contributed by atoms with Gasteiger partial charge in [-0.2, -0.15) is 0 Å². The van der Waals surface area contributed by atoms with E-state index in [1.165, 1.54) is 22.3 Å². The minimum absolute atomic E-state index is 0.552. The third kappa shape index (κ3) is 2.73. The first-order chi connectivity index (χ1) is 10.5. The molecule has 0 saturated carbocycles. The molecule has 1 unspecified atom stereocenters. The number of hydrogen-bond donors (Lipinski definition) is 0. The van der Waals surface area contributed by atoms with Crippen LogP contribution in [0.5, 0.6) is 0 Å². The van der Waals surface area contributed by atoms with Crippen LogP contribution < -0.4 is 5.19 Å². The van der Waals surface area contributed by atoms with E-state index in [1.54, 1.807) is 5.19 Å². The summed E-state index contributed by atoms with van der Waals surface area (Å²) in [6, 6.07) is 17.9. The Bertz CT molecular complexity index is 716. The molecule has 2 aromatic carbocycles. The summed E-state index contributed by atoms with van der Waals surface area (Å²) >= 11 is 0. The molecule has 1 aliphatic rings. The standard InChI is InChI=1S/C21H24Si/c1-16-13-17(2)15-19(14-16)22(3,4)21-12-8-11-20(21)18-9-6-5-7-10-18/h5-15,21H,1-4H3. The van der Waals surface area contributed by atoms with E-state index in [4.69, 9.17) is 0 Å². The van der Waals surface area contributed by atoms with Crippen molar-refractivity contribution in [1.82, 2.24) is 0 Å². The van der Waals surface area contributed by atoms with Crippen molar-refractivity contribution in [2.75, 3.05) is 0 Å². The van der Waals surface area contributed by atoms with Crippen LogP contribution in [0.3, 0.4) is 0 Å². The molecule has 1 heteroatoms. The molecule has 2 aromatic rings. The van der Waals surface area contributed by atoms with Crippen molar-refractivity contribution in [2.45, 2.75) is 32.5 Å². The first-order valence-electron chi connectivity index (χ1n) is 8.01. The molecular weight excluding hydrogens is 280 g/mol. The largest absolute Gasteiger partial charge is 0.0919 e. The number of hydrogen-bond acceptors (Lipinski definition) is 0. The summed E-state index contributed by atoms with van der Waals surface area (Å²) in [6.07, 6.45) is 6.95. The van der Waals surface area contributed by atoms with Crippen LogP contribution >= 0.6 is 0 Å². The van der Waals surface area contributed by atoms with Crippen LogP contribution in [0.15, 0.2) is 66.8 Å². The average molecular weight is 305 g/mol.